The summed E-state index contributed by atoms with van der Waals surface area (Å²) in [6, 6.07) is -0.362. The Kier molecular flexibility index (Phi) is 4.62. The minimum absolute atomic E-state index is 0.0232. The van der Waals surface area contributed by atoms with E-state index in [1.807, 2.05) is 0 Å². The fraction of sp³-hybridized carbons (Fsp3) is 0.929. The number of nitrogens with one attached hydrogen (secondary N) is 1. The lowest BCUT2D eigenvalue weighted by Gasteiger charge is -2.29. The molecular formula is C14H26N2O2. The molecule has 4 heteroatoms. The zero-order chi connectivity index (χ0) is 13.0. The molecule has 1 heterocycles. The fourth-order valence-corrected chi connectivity index (χ4v) is 3.11. The van der Waals surface area contributed by atoms with Gasteiger partial charge in [0.2, 0.25) is 5.91 Å². The lowest BCUT2D eigenvalue weighted by molar-refractivity contribution is -0.124. The first-order valence-electron chi connectivity index (χ1n) is 7.22. The Morgan fingerprint density at radius 1 is 1.39 bits per heavy atom. The van der Waals surface area contributed by atoms with Gasteiger partial charge in [0.25, 0.3) is 0 Å². The van der Waals surface area contributed by atoms with Crippen molar-refractivity contribution in [2.24, 2.45) is 17.1 Å². The van der Waals surface area contributed by atoms with Crippen LogP contribution in [0.4, 0.5) is 0 Å². The molecule has 2 rings (SSSR count). The smallest absolute Gasteiger partial charge is 0.237 e. The highest BCUT2D eigenvalue weighted by Gasteiger charge is 2.31. The van der Waals surface area contributed by atoms with E-state index in [-0.39, 0.29) is 17.9 Å². The van der Waals surface area contributed by atoms with Gasteiger partial charge >= 0.3 is 0 Å². The summed E-state index contributed by atoms with van der Waals surface area (Å²) in [6.45, 7) is 4.52. The van der Waals surface area contributed by atoms with Gasteiger partial charge in [-0.05, 0) is 37.0 Å². The van der Waals surface area contributed by atoms with E-state index >= 15 is 0 Å². The van der Waals surface area contributed by atoms with E-state index in [9.17, 15) is 4.79 Å². The molecule has 2 aliphatic rings. The minimum atomic E-state index is -0.362. The first-order chi connectivity index (χ1) is 8.61. The third-order valence-electron chi connectivity index (χ3n) is 4.58. The highest BCUT2D eigenvalue weighted by molar-refractivity contribution is 5.81. The van der Waals surface area contributed by atoms with Crippen molar-refractivity contribution in [1.29, 1.82) is 0 Å². The molecule has 104 valence electrons. The molecule has 0 aromatic rings. The average Bonchev–Trinajstić information content (AvgIpc) is 2.83. The Morgan fingerprint density at radius 2 is 2.00 bits per heavy atom. The van der Waals surface area contributed by atoms with Crippen molar-refractivity contribution in [1.82, 2.24) is 5.32 Å². The van der Waals surface area contributed by atoms with Crippen LogP contribution in [0.3, 0.4) is 0 Å². The van der Waals surface area contributed by atoms with Crippen LogP contribution in [0.15, 0.2) is 0 Å². The topological polar surface area (TPSA) is 64.4 Å². The highest BCUT2D eigenvalue weighted by atomic mass is 16.5. The van der Waals surface area contributed by atoms with Crippen LogP contribution < -0.4 is 11.1 Å². The molecule has 0 spiro atoms. The van der Waals surface area contributed by atoms with E-state index in [2.05, 4.69) is 12.2 Å². The second-order valence-corrected chi connectivity index (χ2v) is 6.21. The predicted molar refractivity (Wildman–Crippen MR) is 71.1 cm³/mol. The Morgan fingerprint density at radius 3 is 2.61 bits per heavy atom. The Balaban J connectivity index is 1.76. The Hall–Kier alpha value is -0.610. The molecule has 1 atom stereocenters. The van der Waals surface area contributed by atoms with Crippen molar-refractivity contribution in [2.75, 3.05) is 19.8 Å². The second kappa shape index (κ2) is 6.02. The van der Waals surface area contributed by atoms with E-state index in [4.69, 9.17) is 10.5 Å². The van der Waals surface area contributed by atoms with Gasteiger partial charge in [-0.3, -0.25) is 4.79 Å². The third kappa shape index (κ3) is 3.45. The zero-order valence-electron chi connectivity index (χ0n) is 11.4. The molecule has 0 aromatic heterocycles. The maximum atomic E-state index is 12.1. The quantitative estimate of drug-likeness (QED) is 0.798. The molecule has 4 nitrogen and oxygen atoms in total. The number of hydrogen-bond donors (Lipinski definition) is 2. The van der Waals surface area contributed by atoms with Crippen LogP contribution in [-0.4, -0.2) is 31.7 Å². The number of nitrogens with two attached hydrogens (primary N) is 1. The monoisotopic (exact) mass is 254 g/mol. The maximum absolute atomic E-state index is 12.1. The van der Waals surface area contributed by atoms with Crippen LogP contribution in [0.1, 0.15) is 45.4 Å². The second-order valence-electron chi connectivity index (χ2n) is 6.21. The van der Waals surface area contributed by atoms with Crippen molar-refractivity contribution >= 4 is 5.91 Å². The number of amides is 1. The number of ether oxygens (including phenoxy) is 1. The summed E-state index contributed by atoms with van der Waals surface area (Å²) < 4.78 is 5.30. The van der Waals surface area contributed by atoms with Crippen LogP contribution in [0.5, 0.6) is 0 Å². The van der Waals surface area contributed by atoms with Crippen molar-refractivity contribution in [3.05, 3.63) is 0 Å². The first kappa shape index (κ1) is 13.8. The van der Waals surface area contributed by atoms with Crippen LogP contribution in [0.25, 0.3) is 0 Å². The summed E-state index contributed by atoms with van der Waals surface area (Å²) in [5, 5.41) is 3.06. The molecular weight excluding hydrogens is 228 g/mol. The van der Waals surface area contributed by atoms with Gasteiger partial charge in [-0.25, -0.2) is 0 Å². The molecule has 0 aromatic carbocycles. The van der Waals surface area contributed by atoms with Crippen molar-refractivity contribution in [2.45, 2.75) is 51.5 Å². The van der Waals surface area contributed by atoms with E-state index in [0.717, 1.165) is 32.6 Å². The van der Waals surface area contributed by atoms with Gasteiger partial charge < -0.3 is 15.8 Å². The summed E-state index contributed by atoms with van der Waals surface area (Å²) in [5.74, 6) is 0.310. The van der Waals surface area contributed by atoms with Gasteiger partial charge in [-0.2, -0.15) is 0 Å². The summed E-state index contributed by atoms with van der Waals surface area (Å²) in [4.78, 5) is 12.1. The molecule has 1 unspecified atom stereocenters. The first-order valence-corrected chi connectivity index (χ1v) is 7.22. The van der Waals surface area contributed by atoms with Gasteiger partial charge in [0.05, 0.1) is 6.04 Å². The Labute approximate surface area is 110 Å². The highest BCUT2D eigenvalue weighted by Crippen LogP contribution is 2.36. The fourth-order valence-electron chi connectivity index (χ4n) is 3.11. The van der Waals surface area contributed by atoms with E-state index in [1.165, 1.54) is 25.7 Å². The van der Waals surface area contributed by atoms with E-state index < -0.39 is 0 Å². The number of rotatable bonds is 4. The Bertz CT molecular complexity index is 282. The van der Waals surface area contributed by atoms with Gasteiger partial charge in [0, 0.05) is 19.8 Å². The molecule has 18 heavy (non-hydrogen) atoms. The summed E-state index contributed by atoms with van der Waals surface area (Å²) in [6.07, 6.45) is 6.84. The minimum Gasteiger partial charge on any atom is -0.381 e. The average molecular weight is 254 g/mol. The molecule has 1 aliphatic carbocycles. The SMILES string of the molecule is CC1(CNC(=O)C(N)C2CCOCC2)CCCC1. The molecule has 0 bridgehead atoms. The zero-order valence-corrected chi connectivity index (χ0v) is 11.4. The standard InChI is InChI=1S/C14H26N2O2/c1-14(6-2-3-7-14)10-16-13(17)12(15)11-4-8-18-9-5-11/h11-12H,2-10,15H2,1H3,(H,16,17). The number of carbonyl (C=O) groups is 1. The molecule has 1 amide bonds. The molecule has 1 aliphatic heterocycles. The van der Waals surface area contributed by atoms with Crippen LogP contribution in [0.2, 0.25) is 0 Å². The van der Waals surface area contributed by atoms with E-state index in [1.54, 1.807) is 0 Å². The van der Waals surface area contributed by atoms with E-state index in [0.29, 0.717) is 5.41 Å². The number of carbonyl (C=O) groups excluding carboxylic acids is 1. The maximum Gasteiger partial charge on any atom is 0.237 e. The summed E-state index contributed by atoms with van der Waals surface area (Å²) in [7, 11) is 0. The summed E-state index contributed by atoms with van der Waals surface area (Å²) in [5.41, 5.74) is 6.35. The van der Waals surface area contributed by atoms with Gasteiger partial charge in [0.15, 0.2) is 0 Å². The van der Waals surface area contributed by atoms with Gasteiger partial charge in [0.1, 0.15) is 0 Å². The number of hydrogen-bond acceptors (Lipinski definition) is 3. The van der Waals surface area contributed by atoms with Crippen LogP contribution in [-0.2, 0) is 9.53 Å². The molecule has 1 saturated heterocycles. The molecule has 3 N–H and O–H groups in total. The lowest BCUT2D eigenvalue weighted by atomic mass is 9.88. The van der Waals surface area contributed by atoms with Crippen molar-refractivity contribution in [3.63, 3.8) is 0 Å². The molecule has 0 radical (unpaired) electrons. The third-order valence-corrected chi connectivity index (χ3v) is 4.58. The molecule has 2 fully saturated rings. The summed E-state index contributed by atoms with van der Waals surface area (Å²) >= 11 is 0. The van der Waals surface area contributed by atoms with Crippen LogP contribution >= 0.6 is 0 Å². The normalized spacial score (nSPS) is 25.9. The molecule has 1 saturated carbocycles. The largest absolute Gasteiger partial charge is 0.381 e. The van der Waals surface area contributed by atoms with Gasteiger partial charge in [-0.1, -0.05) is 19.8 Å². The van der Waals surface area contributed by atoms with Crippen molar-refractivity contribution < 1.29 is 9.53 Å². The predicted octanol–water partition coefficient (Wildman–Crippen LogP) is 1.44. The lowest BCUT2D eigenvalue weighted by Crippen LogP contribution is -2.49. The van der Waals surface area contributed by atoms with Crippen LogP contribution in [0, 0.1) is 11.3 Å². The van der Waals surface area contributed by atoms with Crippen molar-refractivity contribution in [3.8, 4) is 0 Å². The van der Waals surface area contributed by atoms with Gasteiger partial charge in [-0.15, -0.1) is 0 Å².